The van der Waals surface area contributed by atoms with Crippen LogP contribution >= 0.6 is 0 Å². The number of nitrogens with zero attached hydrogens (tertiary/aromatic N) is 2. The number of carbonyl (C=O) groups is 2. The average molecular weight is 400 g/mol. The summed E-state index contributed by atoms with van der Waals surface area (Å²) in [5.74, 6) is -0.189. The fraction of sp³-hybridized carbons (Fsp3) is 0.500. The Balaban J connectivity index is 2.08. The molecule has 1 unspecified atom stereocenters. The average Bonchev–Trinajstić information content (AvgIpc) is 2.76. The molecule has 1 amide bonds. The van der Waals surface area contributed by atoms with Gasteiger partial charge in [-0.05, 0) is 38.0 Å². The summed E-state index contributed by atoms with van der Waals surface area (Å²) in [5, 5.41) is 9.66. The second-order valence-electron chi connectivity index (χ2n) is 7.11. The minimum Gasteiger partial charge on any atom is -0.493 e. The molecule has 1 fully saturated rings. The molecule has 156 valence electrons. The Morgan fingerprint density at radius 1 is 1.31 bits per heavy atom. The molecule has 0 saturated heterocycles. The minimum atomic E-state index is -1.01. The van der Waals surface area contributed by atoms with Crippen molar-refractivity contribution in [3.8, 4) is 17.6 Å². The van der Waals surface area contributed by atoms with Gasteiger partial charge in [0.05, 0.1) is 18.7 Å². The molecule has 1 aromatic carbocycles. The molecule has 1 aromatic rings. The SMILES string of the molecule is C=CCOc1ccc(C(=O)OC(C)C(=O)N(C)C2(C#N)CCCCC2)cc1OC. The van der Waals surface area contributed by atoms with E-state index in [4.69, 9.17) is 14.2 Å². The Hall–Kier alpha value is -3.01. The van der Waals surface area contributed by atoms with Gasteiger partial charge in [-0.15, -0.1) is 0 Å². The van der Waals surface area contributed by atoms with Gasteiger partial charge >= 0.3 is 5.97 Å². The Kier molecular flexibility index (Phi) is 7.66. The quantitative estimate of drug-likeness (QED) is 0.490. The van der Waals surface area contributed by atoms with Crippen LogP contribution in [0.15, 0.2) is 30.9 Å². The molecule has 0 radical (unpaired) electrons. The van der Waals surface area contributed by atoms with Crippen molar-refractivity contribution in [2.45, 2.75) is 50.7 Å². The van der Waals surface area contributed by atoms with Crippen molar-refractivity contribution in [1.82, 2.24) is 4.90 Å². The zero-order valence-corrected chi connectivity index (χ0v) is 17.3. The fourth-order valence-corrected chi connectivity index (χ4v) is 3.48. The van der Waals surface area contributed by atoms with E-state index in [-0.39, 0.29) is 11.5 Å². The predicted molar refractivity (Wildman–Crippen MR) is 108 cm³/mol. The summed E-state index contributed by atoms with van der Waals surface area (Å²) in [5.41, 5.74) is -0.591. The number of amides is 1. The number of rotatable bonds is 8. The number of esters is 1. The highest BCUT2D eigenvalue weighted by atomic mass is 16.5. The molecule has 29 heavy (non-hydrogen) atoms. The van der Waals surface area contributed by atoms with Gasteiger partial charge in [-0.3, -0.25) is 4.79 Å². The van der Waals surface area contributed by atoms with E-state index in [9.17, 15) is 14.9 Å². The van der Waals surface area contributed by atoms with E-state index in [1.807, 2.05) is 0 Å². The van der Waals surface area contributed by atoms with Crippen LogP contribution in [-0.4, -0.2) is 49.2 Å². The standard InChI is InChI=1S/C22H28N2O5/c1-5-13-28-18-10-9-17(14-19(18)27-4)21(26)29-16(2)20(25)24(3)22(15-23)11-7-6-8-12-22/h5,9-10,14,16H,1,6-8,11-13H2,2-4H3. The van der Waals surface area contributed by atoms with Crippen molar-refractivity contribution in [3.05, 3.63) is 36.4 Å². The Labute approximate surface area is 171 Å². The molecule has 0 spiro atoms. The number of carbonyl (C=O) groups excluding carboxylic acids is 2. The van der Waals surface area contributed by atoms with Crippen molar-refractivity contribution in [1.29, 1.82) is 5.26 Å². The van der Waals surface area contributed by atoms with Gasteiger partial charge in [0.25, 0.3) is 5.91 Å². The minimum absolute atomic E-state index is 0.239. The number of methoxy groups -OCH3 is 1. The molecule has 0 N–H and O–H groups in total. The first-order valence-electron chi connectivity index (χ1n) is 9.70. The van der Waals surface area contributed by atoms with Gasteiger partial charge in [-0.25, -0.2) is 4.79 Å². The van der Waals surface area contributed by atoms with Crippen molar-refractivity contribution >= 4 is 11.9 Å². The molecule has 0 aromatic heterocycles. The van der Waals surface area contributed by atoms with Crippen molar-refractivity contribution in [3.63, 3.8) is 0 Å². The van der Waals surface area contributed by atoms with E-state index in [1.165, 1.54) is 25.0 Å². The third kappa shape index (κ3) is 5.08. The summed E-state index contributed by atoms with van der Waals surface area (Å²) >= 11 is 0. The van der Waals surface area contributed by atoms with Gasteiger partial charge in [0, 0.05) is 7.05 Å². The molecule has 0 aliphatic heterocycles. The van der Waals surface area contributed by atoms with Crippen LogP contribution in [0.2, 0.25) is 0 Å². The molecule has 7 nitrogen and oxygen atoms in total. The van der Waals surface area contributed by atoms with Gasteiger partial charge in [-0.1, -0.05) is 31.9 Å². The highest BCUT2D eigenvalue weighted by Gasteiger charge is 2.40. The van der Waals surface area contributed by atoms with Gasteiger partial charge < -0.3 is 19.1 Å². The van der Waals surface area contributed by atoms with E-state index >= 15 is 0 Å². The maximum Gasteiger partial charge on any atom is 0.339 e. The largest absolute Gasteiger partial charge is 0.493 e. The molecule has 1 aliphatic rings. The third-order valence-corrected chi connectivity index (χ3v) is 5.25. The summed E-state index contributed by atoms with van der Waals surface area (Å²) in [6.07, 6.45) is 4.72. The number of likely N-dealkylation sites (N-methyl/N-ethyl adjacent to an activating group) is 1. The lowest BCUT2D eigenvalue weighted by atomic mass is 9.81. The third-order valence-electron chi connectivity index (χ3n) is 5.25. The van der Waals surface area contributed by atoms with Gasteiger partial charge in [0.1, 0.15) is 12.1 Å². The van der Waals surface area contributed by atoms with E-state index in [0.29, 0.717) is 30.9 Å². The van der Waals surface area contributed by atoms with Crippen molar-refractivity contribution < 1.29 is 23.8 Å². The summed E-state index contributed by atoms with van der Waals surface area (Å²) in [6.45, 7) is 5.41. The first-order chi connectivity index (χ1) is 13.9. The number of hydrogen-bond donors (Lipinski definition) is 0. The molecule has 2 rings (SSSR count). The second kappa shape index (κ2) is 9.97. The van der Waals surface area contributed by atoms with E-state index < -0.39 is 17.6 Å². The molecular formula is C22H28N2O5. The lowest BCUT2D eigenvalue weighted by Gasteiger charge is -2.39. The van der Waals surface area contributed by atoms with Gasteiger partial charge in [-0.2, -0.15) is 5.26 Å². The van der Waals surface area contributed by atoms with Gasteiger partial charge in [0.15, 0.2) is 17.6 Å². The maximum absolute atomic E-state index is 12.8. The number of benzene rings is 1. The highest BCUT2D eigenvalue weighted by Crippen LogP contribution is 2.33. The van der Waals surface area contributed by atoms with Crippen LogP contribution in [0.25, 0.3) is 0 Å². The zero-order chi connectivity index (χ0) is 21.4. The zero-order valence-electron chi connectivity index (χ0n) is 17.3. The Morgan fingerprint density at radius 2 is 2.00 bits per heavy atom. The topological polar surface area (TPSA) is 88.9 Å². The summed E-state index contributed by atoms with van der Waals surface area (Å²) in [4.78, 5) is 26.8. The van der Waals surface area contributed by atoms with Crippen LogP contribution in [0, 0.1) is 11.3 Å². The molecule has 0 heterocycles. The predicted octanol–water partition coefficient (Wildman–Crippen LogP) is 3.49. The van der Waals surface area contributed by atoms with Crippen LogP contribution in [-0.2, 0) is 9.53 Å². The first kappa shape index (κ1) is 22.3. The van der Waals surface area contributed by atoms with Crippen LogP contribution in [0.4, 0.5) is 0 Å². The molecule has 1 atom stereocenters. The monoisotopic (exact) mass is 400 g/mol. The Morgan fingerprint density at radius 3 is 2.59 bits per heavy atom. The lowest BCUT2D eigenvalue weighted by molar-refractivity contribution is -0.143. The van der Waals surface area contributed by atoms with Crippen LogP contribution in [0.1, 0.15) is 49.4 Å². The van der Waals surface area contributed by atoms with E-state index in [2.05, 4.69) is 12.6 Å². The van der Waals surface area contributed by atoms with Crippen molar-refractivity contribution in [2.75, 3.05) is 20.8 Å². The fourth-order valence-electron chi connectivity index (χ4n) is 3.48. The lowest BCUT2D eigenvalue weighted by Crippen LogP contribution is -2.53. The highest BCUT2D eigenvalue weighted by molar-refractivity contribution is 5.93. The first-order valence-corrected chi connectivity index (χ1v) is 9.70. The smallest absolute Gasteiger partial charge is 0.339 e. The molecule has 7 heteroatoms. The van der Waals surface area contributed by atoms with Crippen LogP contribution < -0.4 is 9.47 Å². The number of ether oxygens (including phenoxy) is 3. The number of nitriles is 1. The maximum atomic E-state index is 12.8. The van der Waals surface area contributed by atoms with Crippen molar-refractivity contribution in [2.24, 2.45) is 0 Å². The molecule has 1 aliphatic carbocycles. The summed E-state index contributed by atoms with van der Waals surface area (Å²) < 4.78 is 16.1. The Bertz CT molecular complexity index is 793. The van der Waals surface area contributed by atoms with Crippen LogP contribution in [0.3, 0.4) is 0 Å². The van der Waals surface area contributed by atoms with Crippen LogP contribution in [0.5, 0.6) is 11.5 Å². The summed E-state index contributed by atoms with van der Waals surface area (Å²) in [6, 6.07) is 6.95. The molecule has 0 bridgehead atoms. The van der Waals surface area contributed by atoms with Gasteiger partial charge in [0.2, 0.25) is 0 Å². The molecule has 1 saturated carbocycles. The number of hydrogen-bond acceptors (Lipinski definition) is 6. The summed E-state index contributed by atoms with van der Waals surface area (Å²) in [7, 11) is 3.08. The normalized spacial score (nSPS) is 16.1. The second-order valence-corrected chi connectivity index (χ2v) is 7.11. The van der Waals surface area contributed by atoms with E-state index in [0.717, 1.165) is 19.3 Å². The van der Waals surface area contributed by atoms with E-state index in [1.54, 1.807) is 25.3 Å². The molecular weight excluding hydrogens is 372 g/mol.